The predicted molar refractivity (Wildman–Crippen MR) is 80.1 cm³/mol. The normalized spacial score (nSPS) is 13.5. The second-order valence-electron chi connectivity index (χ2n) is 5.10. The third-order valence-electron chi connectivity index (χ3n) is 3.40. The van der Waals surface area contributed by atoms with E-state index in [0.717, 1.165) is 5.56 Å². The summed E-state index contributed by atoms with van der Waals surface area (Å²) in [4.78, 5) is 14.3. The van der Waals surface area contributed by atoms with Gasteiger partial charge in [-0.25, -0.2) is 4.98 Å². The molecule has 1 atom stereocenters. The Morgan fingerprint density at radius 3 is 2.57 bits per heavy atom. The van der Waals surface area contributed by atoms with Crippen LogP contribution in [-0.2, 0) is 5.54 Å². The minimum absolute atomic E-state index is 0.0523. The smallest absolute Gasteiger partial charge is 0.287 e. The summed E-state index contributed by atoms with van der Waals surface area (Å²) in [7, 11) is 0. The number of rotatable bonds is 5. The predicted octanol–water partition coefficient (Wildman–Crippen LogP) is 2.62. The molecule has 0 aliphatic rings. The van der Waals surface area contributed by atoms with Crippen LogP contribution in [0.1, 0.15) is 18.1 Å². The van der Waals surface area contributed by atoms with E-state index in [1.807, 2.05) is 37.3 Å². The average Bonchev–Trinajstić information content (AvgIpc) is 2.50. The molecule has 0 fully saturated rings. The van der Waals surface area contributed by atoms with Crippen molar-refractivity contribution in [3.63, 3.8) is 0 Å². The maximum absolute atomic E-state index is 10.7. The highest BCUT2D eigenvalue weighted by Gasteiger charge is 2.26. The zero-order chi connectivity index (χ0) is 15.5. The molecule has 1 unspecified atom stereocenters. The van der Waals surface area contributed by atoms with Gasteiger partial charge in [-0.2, -0.15) is 0 Å². The largest absolute Gasteiger partial charge is 0.394 e. The number of aliphatic hydroxyl groups excluding tert-OH is 1. The number of nitrogens with zero attached hydrogens (tertiary/aromatic N) is 2. The minimum atomic E-state index is -0.713. The zero-order valence-corrected chi connectivity index (χ0v) is 11.9. The van der Waals surface area contributed by atoms with Crippen LogP contribution in [0.25, 0.3) is 0 Å². The van der Waals surface area contributed by atoms with Gasteiger partial charge in [0.05, 0.1) is 17.1 Å². The average molecular weight is 287 g/mol. The molecule has 6 heteroatoms. The van der Waals surface area contributed by atoms with Crippen molar-refractivity contribution in [2.24, 2.45) is 0 Å². The Hall–Kier alpha value is -2.47. The first kappa shape index (κ1) is 14.9. The minimum Gasteiger partial charge on any atom is -0.394 e. The van der Waals surface area contributed by atoms with E-state index in [4.69, 9.17) is 0 Å². The number of benzene rings is 1. The van der Waals surface area contributed by atoms with Crippen LogP contribution in [-0.4, -0.2) is 21.6 Å². The Morgan fingerprint density at radius 2 is 2.05 bits per heavy atom. The van der Waals surface area contributed by atoms with Gasteiger partial charge >= 0.3 is 0 Å². The molecule has 21 heavy (non-hydrogen) atoms. The Kier molecular flexibility index (Phi) is 4.18. The molecule has 0 bridgehead atoms. The lowest BCUT2D eigenvalue weighted by Gasteiger charge is -2.30. The Bertz CT molecular complexity index is 646. The molecule has 0 aliphatic carbocycles. The number of hydrogen-bond acceptors (Lipinski definition) is 5. The van der Waals surface area contributed by atoms with E-state index in [-0.39, 0.29) is 12.3 Å². The first-order valence-electron chi connectivity index (χ1n) is 6.52. The fourth-order valence-corrected chi connectivity index (χ4v) is 2.06. The highest BCUT2D eigenvalue weighted by atomic mass is 16.6. The third-order valence-corrected chi connectivity index (χ3v) is 3.40. The number of hydrogen-bond donors (Lipinski definition) is 2. The van der Waals surface area contributed by atoms with E-state index in [0.29, 0.717) is 11.4 Å². The van der Waals surface area contributed by atoms with Crippen LogP contribution in [0.2, 0.25) is 0 Å². The fraction of sp³-hybridized carbons (Fsp3) is 0.267. The molecule has 0 saturated heterocycles. The maximum Gasteiger partial charge on any atom is 0.287 e. The van der Waals surface area contributed by atoms with Gasteiger partial charge in [0.1, 0.15) is 12.0 Å². The van der Waals surface area contributed by atoms with Crippen molar-refractivity contribution < 1.29 is 10.0 Å². The molecule has 110 valence electrons. The van der Waals surface area contributed by atoms with Crippen molar-refractivity contribution in [2.45, 2.75) is 19.4 Å². The quantitative estimate of drug-likeness (QED) is 0.652. The van der Waals surface area contributed by atoms with Crippen LogP contribution in [0.4, 0.5) is 11.5 Å². The molecule has 6 nitrogen and oxygen atoms in total. The van der Waals surface area contributed by atoms with Gasteiger partial charge < -0.3 is 10.4 Å². The van der Waals surface area contributed by atoms with Gasteiger partial charge in [0, 0.05) is 6.07 Å². The topological polar surface area (TPSA) is 88.3 Å². The number of aliphatic hydroxyl groups is 1. The van der Waals surface area contributed by atoms with Crippen molar-refractivity contribution in [1.29, 1.82) is 0 Å². The molecule has 0 radical (unpaired) electrons. The molecule has 2 aromatic rings. The van der Waals surface area contributed by atoms with Crippen LogP contribution >= 0.6 is 0 Å². The molecule has 2 N–H and O–H groups in total. The van der Waals surface area contributed by atoms with Gasteiger partial charge in [-0.15, -0.1) is 0 Å². The van der Waals surface area contributed by atoms with E-state index < -0.39 is 10.5 Å². The van der Waals surface area contributed by atoms with Gasteiger partial charge in [-0.1, -0.05) is 30.3 Å². The highest BCUT2D eigenvalue weighted by molar-refractivity contribution is 5.51. The molecule has 0 aliphatic heterocycles. The van der Waals surface area contributed by atoms with Crippen molar-refractivity contribution in [1.82, 2.24) is 4.98 Å². The van der Waals surface area contributed by atoms with Gasteiger partial charge in [0.15, 0.2) is 0 Å². The summed E-state index contributed by atoms with van der Waals surface area (Å²) in [6.45, 7) is 3.46. The number of pyridine rings is 1. The zero-order valence-electron chi connectivity index (χ0n) is 11.9. The number of aromatic nitrogens is 1. The lowest BCUT2D eigenvalue weighted by Crippen LogP contribution is -2.36. The summed E-state index contributed by atoms with van der Waals surface area (Å²) in [6.07, 6.45) is 1.21. The van der Waals surface area contributed by atoms with Gasteiger partial charge in [-0.05, 0) is 25.0 Å². The molecule has 1 aromatic carbocycles. The van der Waals surface area contributed by atoms with E-state index in [1.165, 1.54) is 12.3 Å². The molecule has 0 saturated carbocycles. The van der Waals surface area contributed by atoms with Crippen LogP contribution in [0.5, 0.6) is 0 Å². The Morgan fingerprint density at radius 1 is 1.38 bits per heavy atom. The Labute approximate surface area is 122 Å². The van der Waals surface area contributed by atoms with Crippen molar-refractivity contribution in [2.75, 3.05) is 11.9 Å². The Balaban J connectivity index is 2.33. The van der Waals surface area contributed by atoms with E-state index in [9.17, 15) is 15.2 Å². The van der Waals surface area contributed by atoms with E-state index >= 15 is 0 Å². The molecule has 1 heterocycles. The SMILES string of the molecule is Cc1cc([N+](=O)[O-])cnc1NC(C)(CO)c1ccccc1. The van der Waals surface area contributed by atoms with Crippen molar-refractivity contribution in [3.05, 3.63) is 63.8 Å². The van der Waals surface area contributed by atoms with Crippen LogP contribution in [0.3, 0.4) is 0 Å². The first-order valence-corrected chi connectivity index (χ1v) is 6.52. The number of anilines is 1. The van der Waals surface area contributed by atoms with Crippen LogP contribution in [0.15, 0.2) is 42.6 Å². The lowest BCUT2D eigenvalue weighted by molar-refractivity contribution is -0.385. The summed E-state index contributed by atoms with van der Waals surface area (Å²) in [5, 5.41) is 23.6. The van der Waals surface area contributed by atoms with Gasteiger partial charge in [0.25, 0.3) is 5.69 Å². The molecule has 1 aromatic heterocycles. The van der Waals surface area contributed by atoms with Crippen molar-refractivity contribution >= 4 is 11.5 Å². The fourth-order valence-electron chi connectivity index (χ4n) is 2.06. The first-order chi connectivity index (χ1) is 9.96. The van der Waals surface area contributed by atoms with Gasteiger partial charge in [-0.3, -0.25) is 10.1 Å². The number of nitro groups is 1. The van der Waals surface area contributed by atoms with Crippen LogP contribution < -0.4 is 5.32 Å². The molecule has 2 rings (SSSR count). The molecule has 0 amide bonds. The summed E-state index contributed by atoms with van der Waals surface area (Å²) in [5.41, 5.74) is 0.796. The van der Waals surface area contributed by atoms with Crippen LogP contribution in [0, 0.1) is 17.0 Å². The third kappa shape index (κ3) is 3.17. The summed E-state index contributed by atoms with van der Waals surface area (Å²) >= 11 is 0. The van der Waals surface area contributed by atoms with Gasteiger partial charge in [0.2, 0.25) is 0 Å². The maximum atomic E-state index is 10.7. The lowest BCUT2D eigenvalue weighted by atomic mass is 9.92. The summed E-state index contributed by atoms with van der Waals surface area (Å²) < 4.78 is 0. The number of aryl methyl sites for hydroxylation is 1. The summed E-state index contributed by atoms with van der Waals surface area (Å²) in [5.74, 6) is 0.515. The standard InChI is InChI=1S/C15H17N3O3/c1-11-8-13(18(20)21)9-16-14(11)17-15(2,10-19)12-6-4-3-5-7-12/h3-9,19H,10H2,1-2H3,(H,16,17). The second-order valence-corrected chi connectivity index (χ2v) is 5.10. The molecular formula is C15H17N3O3. The molecule has 0 spiro atoms. The molecular weight excluding hydrogens is 270 g/mol. The monoisotopic (exact) mass is 287 g/mol. The highest BCUT2D eigenvalue weighted by Crippen LogP contribution is 2.27. The van der Waals surface area contributed by atoms with Crippen molar-refractivity contribution in [3.8, 4) is 0 Å². The van der Waals surface area contributed by atoms with E-state index in [2.05, 4.69) is 10.3 Å². The number of nitrogens with one attached hydrogen (secondary N) is 1. The second kappa shape index (κ2) is 5.88. The summed E-state index contributed by atoms with van der Waals surface area (Å²) in [6, 6.07) is 10.9. The van der Waals surface area contributed by atoms with E-state index in [1.54, 1.807) is 6.92 Å².